The third-order valence-corrected chi connectivity index (χ3v) is 2.94. The van der Waals surface area contributed by atoms with E-state index in [1.807, 2.05) is 39.0 Å². The molecule has 0 spiro atoms. The SMILES string of the molecule is CCNCc1ccc(OC)cc1OC(C)C(=O)NC(C)C. The first kappa shape index (κ1) is 17.3. The molecule has 0 saturated carbocycles. The van der Waals surface area contributed by atoms with Crippen molar-refractivity contribution in [2.45, 2.75) is 46.4 Å². The largest absolute Gasteiger partial charge is 0.497 e. The van der Waals surface area contributed by atoms with Crippen molar-refractivity contribution >= 4 is 5.91 Å². The molecule has 1 rings (SSSR count). The van der Waals surface area contributed by atoms with Crippen LogP contribution >= 0.6 is 0 Å². The second-order valence-corrected chi connectivity index (χ2v) is 5.18. The Balaban J connectivity index is 2.85. The average Bonchev–Trinajstić information content (AvgIpc) is 2.45. The summed E-state index contributed by atoms with van der Waals surface area (Å²) in [5.41, 5.74) is 1.00. The molecule has 1 aromatic rings. The number of ether oxygens (including phenoxy) is 2. The minimum atomic E-state index is -0.556. The summed E-state index contributed by atoms with van der Waals surface area (Å²) in [6.45, 7) is 9.19. The fourth-order valence-corrected chi connectivity index (χ4v) is 1.82. The number of hydrogen-bond acceptors (Lipinski definition) is 4. The number of amides is 1. The summed E-state index contributed by atoms with van der Waals surface area (Å²) in [7, 11) is 1.61. The Morgan fingerprint density at radius 2 is 2.00 bits per heavy atom. The summed E-state index contributed by atoms with van der Waals surface area (Å²) in [5.74, 6) is 1.26. The van der Waals surface area contributed by atoms with Crippen molar-refractivity contribution in [1.82, 2.24) is 10.6 Å². The average molecular weight is 294 g/mol. The van der Waals surface area contributed by atoms with E-state index in [2.05, 4.69) is 10.6 Å². The zero-order valence-corrected chi connectivity index (χ0v) is 13.5. The molecule has 0 aliphatic rings. The number of methoxy groups -OCH3 is 1. The van der Waals surface area contributed by atoms with Gasteiger partial charge in [-0.3, -0.25) is 4.79 Å². The van der Waals surface area contributed by atoms with Crippen LogP contribution in [0.3, 0.4) is 0 Å². The van der Waals surface area contributed by atoms with Crippen molar-refractivity contribution in [3.8, 4) is 11.5 Å². The molecule has 0 fully saturated rings. The van der Waals surface area contributed by atoms with Gasteiger partial charge in [0.1, 0.15) is 11.5 Å². The molecule has 0 saturated heterocycles. The normalized spacial score (nSPS) is 12.1. The lowest BCUT2D eigenvalue weighted by atomic mass is 10.2. The zero-order valence-electron chi connectivity index (χ0n) is 13.5. The molecule has 0 heterocycles. The predicted molar refractivity (Wildman–Crippen MR) is 83.7 cm³/mol. The Bertz CT molecular complexity index is 461. The van der Waals surface area contributed by atoms with Gasteiger partial charge in [-0.25, -0.2) is 0 Å². The molecule has 1 unspecified atom stereocenters. The van der Waals surface area contributed by atoms with Gasteiger partial charge in [-0.2, -0.15) is 0 Å². The van der Waals surface area contributed by atoms with Crippen molar-refractivity contribution in [2.75, 3.05) is 13.7 Å². The Kier molecular flexibility index (Phi) is 7.02. The highest BCUT2D eigenvalue weighted by molar-refractivity contribution is 5.81. The first-order chi connectivity index (χ1) is 9.97. The van der Waals surface area contributed by atoms with Crippen molar-refractivity contribution in [3.63, 3.8) is 0 Å². The second kappa shape index (κ2) is 8.52. The lowest BCUT2D eigenvalue weighted by Gasteiger charge is -2.19. The topological polar surface area (TPSA) is 59.6 Å². The van der Waals surface area contributed by atoms with Gasteiger partial charge in [0.05, 0.1) is 7.11 Å². The molecule has 1 aromatic carbocycles. The van der Waals surface area contributed by atoms with Gasteiger partial charge in [0.2, 0.25) is 0 Å². The molecule has 5 heteroatoms. The molecule has 1 atom stereocenters. The van der Waals surface area contributed by atoms with Crippen LogP contribution in [0.2, 0.25) is 0 Å². The van der Waals surface area contributed by atoms with Crippen LogP contribution in [0.4, 0.5) is 0 Å². The molecule has 118 valence electrons. The summed E-state index contributed by atoms with van der Waals surface area (Å²) in [6, 6.07) is 5.74. The van der Waals surface area contributed by atoms with E-state index in [1.54, 1.807) is 14.0 Å². The number of benzene rings is 1. The van der Waals surface area contributed by atoms with Crippen LogP contribution in [-0.4, -0.2) is 31.7 Å². The van der Waals surface area contributed by atoms with E-state index in [4.69, 9.17) is 9.47 Å². The van der Waals surface area contributed by atoms with Crippen LogP contribution in [-0.2, 0) is 11.3 Å². The Morgan fingerprint density at radius 3 is 2.57 bits per heavy atom. The predicted octanol–water partition coefficient (Wildman–Crippen LogP) is 2.10. The van der Waals surface area contributed by atoms with E-state index in [-0.39, 0.29) is 11.9 Å². The van der Waals surface area contributed by atoms with Crippen LogP contribution in [0.5, 0.6) is 11.5 Å². The lowest BCUT2D eigenvalue weighted by Crippen LogP contribution is -2.40. The Morgan fingerprint density at radius 1 is 1.29 bits per heavy atom. The maximum absolute atomic E-state index is 12.0. The summed E-state index contributed by atoms with van der Waals surface area (Å²) in [4.78, 5) is 12.0. The van der Waals surface area contributed by atoms with Gasteiger partial charge in [0.15, 0.2) is 6.10 Å². The first-order valence-corrected chi connectivity index (χ1v) is 7.32. The van der Waals surface area contributed by atoms with E-state index < -0.39 is 6.10 Å². The summed E-state index contributed by atoms with van der Waals surface area (Å²) < 4.78 is 11.0. The monoisotopic (exact) mass is 294 g/mol. The number of rotatable bonds is 8. The molecular formula is C16H26N2O3. The molecule has 2 N–H and O–H groups in total. The van der Waals surface area contributed by atoms with Gasteiger partial charge < -0.3 is 20.1 Å². The summed E-state index contributed by atoms with van der Waals surface area (Å²) in [6.07, 6.45) is -0.556. The molecule has 21 heavy (non-hydrogen) atoms. The zero-order chi connectivity index (χ0) is 15.8. The highest BCUT2D eigenvalue weighted by atomic mass is 16.5. The van der Waals surface area contributed by atoms with Crippen LogP contribution < -0.4 is 20.1 Å². The molecule has 0 aliphatic carbocycles. The molecule has 0 radical (unpaired) electrons. The fourth-order valence-electron chi connectivity index (χ4n) is 1.82. The maximum Gasteiger partial charge on any atom is 0.260 e. The molecular weight excluding hydrogens is 268 g/mol. The Labute approximate surface area is 127 Å². The van der Waals surface area contributed by atoms with E-state index in [0.29, 0.717) is 18.0 Å². The number of nitrogens with one attached hydrogen (secondary N) is 2. The number of carbonyl (C=O) groups excluding carboxylic acids is 1. The van der Waals surface area contributed by atoms with Gasteiger partial charge >= 0.3 is 0 Å². The second-order valence-electron chi connectivity index (χ2n) is 5.18. The van der Waals surface area contributed by atoms with Crippen LogP contribution in [0.25, 0.3) is 0 Å². The minimum absolute atomic E-state index is 0.0927. The first-order valence-electron chi connectivity index (χ1n) is 7.32. The van der Waals surface area contributed by atoms with E-state index >= 15 is 0 Å². The third-order valence-electron chi connectivity index (χ3n) is 2.94. The van der Waals surface area contributed by atoms with Crippen molar-refractivity contribution < 1.29 is 14.3 Å². The van der Waals surface area contributed by atoms with Crippen molar-refractivity contribution in [3.05, 3.63) is 23.8 Å². The quantitative estimate of drug-likeness (QED) is 0.771. The van der Waals surface area contributed by atoms with Crippen molar-refractivity contribution in [1.29, 1.82) is 0 Å². The van der Waals surface area contributed by atoms with Gasteiger partial charge in [0.25, 0.3) is 5.91 Å². The minimum Gasteiger partial charge on any atom is -0.497 e. The number of carbonyl (C=O) groups is 1. The third kappa shape index (κ3) is 5.63. The molecule has 5 nitrogen and oxygen atoms in total. The highest BCUT2D eigenvalue weighted by Crippen LogP contribution is 2.25. The van der Waals surface area contributed by atoms with Gasteiger partial charge in [-0.15, -0.1) is 0 Å². The standard InChI is InChI=1S/C16H26N2O3/c1-6-17-10-13-7-8-14(20-5)9-15(13)21-12(4)16(19)18-11(2)3/h7-9,11-12,17H,6,10H2,1-5H3,(H,18,19). The number of hydrogen-bond donors (Lipinski definition) is 2. The van der Waals surface area contributed by atoms with Crippen LogP contribution in [0.15, 0.2) is 18.2 Å². The fraction of sp³-hybridized carbons (Fsp3) is 0.562. The van der Waals surface area contributed by atoms with E-state index in [0.717, 1.165) is 12.1 Å². The van der Waals surface area contributed by atoms with E-state index in [1.165, 1.54) is 0 Å². The van der Waals surface area contributed by atoms with Gasteiger partial charge in [-0.05, 0) is 33.4 Å². The smallest absolute Gasteiger partial charge is 0.260 e. The molecule has 0 aromatic heterocycles. The van der Waals surface area contributed by atoms with Crippen molar-refractivity contribution in [2.24, 2.45) is 0 Å². The van der Waals surface area contributed by atoms with E-state index in [9.17, 15) is 4.79 Å². The summed E-state index contributed by atoms with van der Waals surface area (Å²) >= 11 is 0. The lowest BCUT2D eigenvalue weighted by molar-refractivity contribution is -0.127. The highest BCUT2D eigenvalue weighted by Gasteiger charge is 2.17. The maximum atomic E-state index is 12.0. The van der Waals surface area contributed by atoms with Gasteiger partial charge in [-0.1, -0.05) is 13.0 Å². The van der Waals surface area contributed by atoms with Gasteiger partial charge in [0, 0.05) is 24.2 Å². The molecule has 0 aliphatic heterocycles. The Hall–Kier alpha value is -1.75. The van der Waals surface area contributed by atoms with Crippen LogP contribution in [0, 0.1) is 0 Å². The van der Waals surface area contributed by atoms with Crippen LogP contribution in [0.1, 0.15) is 33.3 Å². The molecule has 1 amide bonds. The summed E-state index contributed by atoms with van der Waals surface area (Å²) in [5, 5.41) is 6.10. The molecule has 0 bridgehead atoms.